The predicted molar refractivity (Wildman–Crippen MR) is 74.0 cm³/mol. The summed E-state index contributed by atoms with van der Waals surface area (Å²) in [6.07, 6.45) is 0. The fraction of sp³-hybridized carbons (Fsp3) is 0.0714. The summed E-state index contributed by atoms with van der Waals surface area (Å²) in [5, 5.41) is 8.87. The molecule has 0 saturated carbocycles. The topological polar surface area (TPSA) is 59.0 Å². The second-order valence-corrected chi connectivity index (χ2v) is 4.70. The first-order valence-corrected chi connectivity index (χ1v) is 6.15. The number of hydrogen-bond donors (Lipinski definition) is 1. The van der Waals surface area contributed by atoms with E-state index in [2.05, 4.69) is 15.9 Å². The van der Waals surface area contributed by atoms with Crippen molar-refractivity contribution in [2.45, 2.75) is 6.61 Å². The summed E-state index contributed by atoms with van der Waals surface area (Å²) in [7, 11) is 0. The molecule has 0 aliphatic carbocycles. The number of benzene rings is 2. The van der Waals surface area contributed by atoms with Crippen molar-refractivity contribution in [1.29, 1.82) is 5.26 Å². The normalized spacial score (nSPS) is 9.78. The highest BCUT2D eigenvalue weighted by Crippen LogP contribution is 2.20. The zero-order valence-corrected chi connectivity index (χ0v) is 11.1. The number of nitrogens with zero attached hydrogens (tertiary/aromatic N) is 1. The van der Waals surface area contributed by atoms with E-state index in [1.165, 1.54) is 0 Å². The average molecular weight is 303 g/mol. The van der Waals surface area contributed by atoms with Gasteiger partial charge in [-0.1, -0.05) is 28.1 Å². The molecule has 0 unspecified atom stereocenters. The van der Waals surface area contributed by atoms with Gasteiger partial charge in [-0.3, -0.25) is 0 Å². The number of halogens is 1. The number of hydrogen-bond acceptors (Lipinski definition) is 3. The lowest BCUT2D eigenvalue weighted by atomic mass is 10.2. The highest BCUT2D eigenvalue weighted by Gasteiger charge is 2.02. The molecule has 0 aliphatic rings. The minimum absolute atomic E-state index is 0.432. The Kier molecular flexibility index (Phi) is 3.85. The third-order valence-electron chi connectivity index (χ3n) is 2.44. The van der Waals surface area contributed by atoms with Crippen molar-refractivity contribution in [1.82, 2.24) is 0 Å². The van der Waals surface area contributed by atoms with Crippen LogP contribution in [0.1, 0.15) is 11.1 Å². The molecule has 2 N–H and O–H groups in total. The Morgan fingerprint density at radius 2 is 2.06 bits per heavy atom. The van der Waals surface area contributed by atoms with Crippen molar-refractivity contribution < 1.29 is 4.74 Å². The van der Waals surface area contributed by atoms with Crippen LogP contribution in [0.4, 0.5) is 5.69 Å². The van der Waals surface area contributed by atoms with Crippen LogP contribution in [0.15, 0.2) is 46.9 Å². The molecular formula is C14H11BrN2O. The van der Waals surface area contributed by atoms with Crippen LogP contribution in [-0.2, 0) is 6.61 Å². The lowest BCUT2D eigenvalue weighted by molar-refractivity contribution is 0.306. The van der Waals surface area contributed by atoms with Crippen LogP contribution in [0.5, 0.6) is 5.75 Å². The Bertz CT molecular complexity index is 605. The minimum Gasteiger partial charge on any atom is -0.489 e. The van der Waals surface area contributed by atoms with Crippen molar-refractivity contribution in [2.24, 2.45) is 0 Å². The van der Waals surface area contributed by atoms with Crippen molar-refractivity contribution in [2.75, 3.05) is 5.73 Å². The molecule has 2 aromatic carbocycles. The monoisotopic (exact) mass is 302 g/mol. The molecule has 2 aromatic rings. The van der Waals surface area contributed by atoms with Gasteiger partial charge < -0.3 is 10.5 Å². The summed E-state index contributed by atoms with van der Waals surface area (Å²) in [6, 6.07) is 15.0. The van der Waals surface area contributed by atoms with Crippen LogP contribution in [0.2, 0.25) is 0 Å². The standard InChI is InChI=1S/C14H11BrN2O/c15-12-3-1-2-10(6-12)9-18-13-4-5-14(17)11(7-13)8-16/h1-7H,9,17H2. The zero-order chi connectivity index (χ0) is 13.0. The first-order chi connectivity index (χ1) is 8.69. The predicted octanol–water partition coefficient (Wildman–Crippen LogP) is 3.48. The van der Waals surface area contributed by atoms with Gasteiger partial charge >= 0.3 is 0 Å². The van der Waals surface area contributed by atoms with Gasteiger partial charge in [0.05, 0.1) is 5.56 Å². The van der Waals surface area contributed by atoms with Crippen LogP contribution in [0, 0.1) is 11.3 Å². The number of nitriles is 1. The molecule has 90 valence electrons. The molecule has 2 rings (SSSR count). The minimum atomic E-state index is 0.432. The molecule has 0 atom stereocenters. The molecule has 0 radical (unpaired) electrons. The fourth-order valence-corrected chi connectivity index (χ4v) is 1.96. The number of rotatable bonds is 3. The van der Waals surface area contributed by atoms with E-state index in [-0.39, 0.29) is 0 Å². The van der Waals surface area contributed by atoms with Crippen molar-refractivity contribution in [3.05, 3.63) is 58.1 Å². The van der Waals surface area contributed by atoms with E-state index >= 15 is 0 Å². The van der Waals surface area contributed by atoms with Gasteiger partial charge in [-0.25, -0.2) is 0 Å². The van der Waals surface area contributed by atoms with E-state index in [0.717, 1.165) is 10.0 Å². The molecule has 0 amide bonds. The number of anilines is 1. The molecule has 0 fully saturated rings. The van der Waals surface area contributed by atoms with Gasteiger partial charge in [-0.05, 0) is 35.9 Å². The smallest absolute Gasteiger partial charge is 0.121 e. The Hall–Kier alpha value is -1.99. The Morgan fingerprint density at radius 1 is 1.22 bits per heavy atom. The van der Waals surface area contributed by atoms with Crippen LogP contribution < -0.4 is 10.5 Å². The molecule has 0 aliphatic heterocycles. The summed E-state index contributed by atoms with van der Waals surface area (Å²) in [5.41, 5.74) is 7.60. The van der Waals surface area contributed by atoms with Gasteiger partial charge in [0.2, 0.25) is 0 Å². The summed E-state index contributed by atoms with van der Waals surface area (Å²) in [5.74, 6) is 0.640. The molecule has 0 saturated heterocycles. The van der Waals surface area contributed by atoms with Crippen LogP contribution >= 0.6 is 15.9 Å². The van der Waals surface area contributed by atoms with E-state index in [9.17, 15) is 0 Å². The summed E-state index contributed by atoms with van der Waals surface area (Å²) < 4.78 is 6.63. The lowest BCUT2D eigenvalue weighted by Gasteiger charge is -2.07. The number of ether oxygens (including phenoxy) is 1. The van der Waals surface area contributed by atoms with Crippen molar-refractivity contribution >= 4 is 21.6 Å². The highest BCUT2D eigenvalue weighted by molar-refractivity contribution is 9.10. The largest absolute Gasteiger partial charge is 0.489 e. The first-order valence-electron chi connectivity index (χ1n) is 5.36. The van der Waals surface area contributed by atoms with E-state index in [1.807, 2.05) is 30.3 Å². The summed E-state index contributed by atoms with van der Waals surface area (Å²) >= 11 is 3.41. The number of nitrogen functional groups attached to an aromatic ring is 1. The highest BCUT2D eigenvalue weighted by atomic mass is 79.9. The van der Waals surface area contributed by atoms with Crippen molar-refractivity contribution in [3.63, 3.8) is 0 Å². The van der Waals surface area contributed by atoms with Gasteiger partial charge in [0.15, 0.2) is 0 Å². The Balaban J connectivity index is 2.09. The van der Waals surface area contributed by atoms with Gasteiger partial charge in [-0.2, -0.15) is 5.26 Å². The first kappa shape index (κ1) is 12.5. The third kappa shape index (κ3) is 3.02. The SMILES string of the molecule is N#Cc1cc(OCc2cccc(Br)c2)ccc1N. The molecule has 4 heteroatoms. The maximum atomic E-state index is 8.87. The van der Waals surface area contributed by atoms with E-state index in [0.29, 0.717) is 23.6 Å². The molecule has 18 heavy (non-hydrogen) atoms. The van der Waals surface area contributed by atoms with Crippen molar-refractivity contribution in [3.8, 4) is 11.8 Å². The maximum absolute atomic E-state index is 8.87. The zero-order valence-electron chi connectivity index (χ0n) is 9.56. The Morgan fingerprint density at radius 3 is 2.78 bits per heavy atom. The molecular weight excluding hydrogens is 292 g/mol. The quantitative estimate of drug-likeness (QED) is 0.883. The molecule has 0 bridgehead atoms. The Labute approximate surface area is 114 Å². The maximum Gasteiger partial charge on any atom is 0.121 e. The molecule has 0 spiro atoms. The molecule has 0 aromatic heterocycles. The van der Waals surface area contributed by atoms with Gasteiger partial charge in [0.1, 0.15) is 18.4 Å². The third-order valence-corrected chi connectivity index (χ3v) is 2.93. The van der Waals surface area contributed by atoms with E-state index in [4.69, 9.17) is 15.7 Å². The summed E-state index contributed by atoms with van der Waals surface area (Å²) in [4.78, 5) is 0. The fourth-order valence-electron chi connectivity index (χ4n) is 1.52. The lowest BCUT2D eigenvalue weighted by Crippen LogP contribution is -1.97. The van der Waals surface area contributed by atoms with Gasteiger partial charge in [0, 0.05) is 10.2 Å². The van der Waals surface area contributed by atoms with Gasteiger partial charge in [0.25, 0.3) is 0 Å². The number of nitrogens with two attached hydrogens (primary N) is 1. The van der Waals surface area contributed by atoms with Crippen LogP contribution in [-0.4, -0.2) is 0 Å². The van der Waals surface area contributed by atoms with Crippen LogP contribution in [0.25, 0.3) is 0 Å². The summed E-state index contributed by atoms with van der Waals surface area (Å²) in [6.45, 7) is 0.453. The second-order valence-electron chi connectivity index (χ2n) is 3.78. The average Bonchev–Trinajstić information content (AvgIpc) is 2.38. The second kappa shape index (κ2) is 5.56. The van der Waals surface area contributed by atoms with Crippen LogP contribution in [0.3, 0.4) is 0 Å². The molecule has 0 heterocycles. The van der Waals surface area contributed by atoms with E-state index < -0.39 is 0 Å². The van der Waals surface area contributed by atoms with Gasteiger partial charge in [-0.15, -0.1) is 0 Å². The van der Waals surface area contributed by atoms with E-state index in [1.54, 1.807) is 18.2 Å². The molecule has 3 nitrogen and oxygen atoms in total.